The quantitative estimate of drug-likeness (QED) is 0.429. The van der Waals surface area contributed by atoms with Gasteiger partial charge in [0.2, 0.25) is 0 Å². The van der Waals surface area contributed by atoms with Crippen molar-refractivity contribution in [2.24, 2.45) is 0 Å². The van der Waals surface area contributed by atoms with Gasteiger partial charge in [-0.1, -0.05) is 64.0 Å². The lowest BCUT2D eigenvalue weighted by atomic mass is 10.0. The van der Waals surface area contributed by atoms with Gasteiger partial charge in [-0.25, -0.2) is 0 Å². The van der Waals surface area contributed by atoms with Crippen LogP contribution in [-0.4, -0.2) is 21.7 Å². The molecule has 0 radical (unpaired) electrons. The Morgan fingerprint density at radius 3 is 1.87 bits per heavy atom. The van der Waals surface area contributed by atoms with Gasteiger partial charge in [0.05, 0.1) is 6.04 Å². The third-order valence-corrected chi connectivity index (χ3v) is 2.94. The number of hydroxylamine groups is 2. The third-order valence-electron chi connectivity index (χ3n) is 2.94. The Bertz CT molecular complexity index is 129. The van der Waals surface area contributed by atoms with Crippen LogP contribution in [0.15, 0.2) is 0 Å². The van der Waals surface area contributed by atoms with Crippen LogP contribution in [0, 0.1) is 0 Å². The van der Waals surface area contributed by atoms with Crippen LogP contribution in [0.4, 0.5) is 0 Å². The summed E-state index contributed by atoms with van der Waals surface area (Å²) in [6, 6.07) is -0.0827. The van der Waals surface area contributed by atoms with Gasteiger partial charge < -0.3 is 0 Å². The van der Waals surface area contributed by atoms with Crippen LogP contribution < -0.4 is 0 Å². The van der Waals surface area contributed by atoms with Gasteiger partial charge in [-0.3, -0.25) is 10.4 Å². The molecule has 3 heteroatoms. The van der Waals surface area contributed by atoms with Gasteiger partial charge in [0.25, 0.3) is 0 Å². The minimum absolute atomic E-state index is 0.0827. The van der Waals surface area contributed by atoms with Gasteiger partial charge in [0, 0.05) is 0 Å². The summed E-state index contributed by atoms with van der Waals surface area (Å²) in [5, 5.41) is 18.1. The van der Waals surface area contributed by atoms with Crippen LogP contribution in [-0.2, 0) is 0 Å². The van der Waals surface area contributed by atoms with Crippen molar-refractivity contribution in [2.75, 3.05) is 0 Å². The second kappa shape index (κ2) is 10.4. The lowest BCUT2D eigenvalue weighted by Gasteiger charge is -2.18. The molecule has 0 saturated carbocycles. The van der Waals surface area contributed by atoms with E-state index >= 15 is 0 Å². The highest BCUT2D eigenvalue weighted by Gasteiger charge is 2.11. The van der Waals surface area contributed by atoms with Crippen LogP contribution in [0.5, 0.6) is 0 Å². The summed E-state index contributed by atoms with van der Waals surface area (Å²) in [5.41, 5.74) is 0. The number of rotatable bonds is 10. The Labute approximate surface area is 94.0 Å². The summed E-state index contributed by atoms with van der Waals surface area (Å²) in [6.45, 7) is 4.20. The fraction of sp³-hybridized carbons (Fsp3) is 1.00. The molecule has 92 valence electrons. The van der Waals surface area contributed by atoms with Crippen molar-refractivity contribution in [3.05, 3.63) is 0 Å². The Morgan fingerprint density at radius 1 is 0.867 bits per heavy atom. The second-order valence-corrected chi connectivity index (χ2v) is 4.29. The molecule has 0 fully saturated rings. The maximum Gasteiger partial charge on any atom is 0.0621 e. The van der Waals surface area contributed by atoms with E-state index in [0.29, 0.717) is 5.23 Å². The molecule has 0 bridgehead atoms. The number of hydrogen-bond donors (Lipinski definition) is 2. The lowest BCUT2D eigenvalue weighted by Crippen LogP contribution is -2.28. The molecule has 1 atom stereocenters. The summed E-state index contributed by atoms with van der Waals surface area (Å²) in [5.74, 6) is 0. The highest BCUT2D eigenvalue weighted by atomic mass is 16.8. The first-order valence-corrected chi connectivity index (χ1v) is 6.39. The molecular weight excluding hydrogens is 190 g/mol. The van der Waals surface area contributed by atoms with Crippen molar-refractivity contribution in [3.8, 4) is 0 Å². The molecule has 0 heterocycles. The molecule has 0 aromatic rings. The molecule has 0 amide bonds. The first kappa shape index (κ1) is 14.9. The molecule has 0 aromatic carbocycles. The molecule has 0 aromatic heterocycles. The Hall–Kier alpha value is -0.120. The minimum Gasteiger partial charge on any atom is -0.289 e. The normalized spacial score (nSPS) is 13.4. The van der Waals surface area contributed by atoms with Gasteiger partial charge in [0.1, 0.15) is 0 Å². The summed E-state index contributed by atoms with van der Waals surface area (Å²) in [6.07, 6.45) is 10.6. The average molecular weight is 217 g/mol. The van der Waals surface area contributed by atoms with E-state index < -0.39 is 0 Å². The topological polar surface area (TPSA) is 43.7 Å². The van der Waals surface area contributed by atoms with Gasteiger partial charge in [0.15, 0.2) is 0 Å². The first-order valence-electron chi connectivity index (χ1n) is 6.39. The van der Waals surface area contributed by atoms with Crippen molar-refractivity contribution >= 4 is 0 Å². The van der Waals surface area contributed by atoms with Crippen molar-refractivity contribution in [1.29, 1.82) is 0 Å². The molecule has 0 spiro atoms. The fourth-order valence-electron chi connectivity index (χ4n) is 1.82. The van der Waals surface area contributed by atoms with Gasteiger partial charge in [-0.05, 0) is 12.8 Å². The van der Waals surface area contributed by atoms with Crippen molar-refractivity contribution in [2.45, 2.75) is 77.7 Å². The SMILES string of the molecule is CCCCCCCCCC(CC)N(O)O. The van der Waals surface area contributed by atoms with Gasteiger partial charge in [-0.2, -0.15) is 0 Å². The second-order valence-electron chi connectivity index (χ2n) is 4.29. The standard InChI is InChI=1S/C12H27NO2/c1-3-5-6-7-8-9-10-11-12(4-2)13(14)15/h12,14-15H,3-11H2,1-2H3. The molecule has 1 unspecified atom stereocenters. The molecule has 0 rings (SSSR count). The number of hydrogen-bond acceptors (Lipinski definition) is 3. The lowest BCUT2D eigenvalue weighted by molar-refractivity contribution is -0.333. The smallest absolute Gasteiger partial charge is 0.0621 e. The van der Waals surface area contributed by atoms with Crippen LogP contribution in [0.2, 0.25) is 0 Å². The van der Waals surface area contributed by atoms with Crippen LogP contribution in [0.3, 0.4) is 0 Å². The maximum absolute atomic E-state index is 8.87. The zero-order valence-corrected chi connectivity index (χ0v) is 10.3. The molecule has 0 aliphatic heterocycles. The fourth-order valence-corrected chi connectivity index (χ4v) is 1.82. The van der Waals surface area contributed by atoms with Crippen molar-refractivity contribution in [3.63, 3.8) is 0 Å². The third kappa shape index (κ3) is 8.85. The van der Waals surface area contributed by atoms with Gasteiger partial charge >= 0.3 is 0 Å². The van der Waals surface area contributed by atoms with Crippen molar-refractivity contribution < 1.29 is 10.4 Å². The Kier molecular flexibility index (Phi) is 10.3. The molecule has 3 nitrogen and oxygen atoms in total. The highest BCUT2D eigenvalue weighted by Crippen LogP contribution is 2.12. The number of nitrogens with zero attached hydrogens (tertiary/aromatic N) is 1. The maximum atomic E-state index is 8.87. The van der Waals surface area contributed by atoms with E-state index in [1.807, 2.05) is 6.92 Å². The number of unbranched alkanes of at least 4 members (excludes halogenated alkanes) is 6. The van der Waals surface area contributed by atoms with Crippen molar-refractivity contribution in [1.82, 2.24) is 5.23 Å². The largest absolute Gasteiger partial charge is 0.289 e. The van der Waals surface area contributed by atoms with Crippen LogP contribution in [0.25, 0.3) is 0 Å². The van der Waals surface area contributed by atoms with E-state index in [4.69, 9.17) is 10.4 Å². The Morgan fingerprint density at radius 2 is 1.40 bits per heavy atom. The van der Waals surface area contributed by atoms with Crippen LogP contribution in [0.1, 0.15) is 71.6 Å². The first-order chi connectivity index (χ1) is 7.22. The monoisotopic (exact) mass is 217 g/mol. The average Bonchev–Trinajstić information content (AvgIpc) is 2.21. The zero-order valence-electron chi connectivity index (χ0n) is 10.3. The Balaban J connectivity index is 3.22. The van der Waals surface area contributed by atoms with E-state index in [-0.39, 0.29) is 6.04 Å². The molecule has 0 aliphatic carbocycles. The summed E-state index contributed by atoms with van der Waals surface area (Å²) in [7, 11) is 0. The molecule has 0 saturated heterocycles. The van der Waals surface area contributed by atoms with E-state index in [2.05, 4.69) is 6.92 Å². The summed E-state index contributed by atoms with van der Waals surface area (Å²) < 4.78 is 0. The molecule has 0 aliphatic rings. The predicted octanol–water partition coefficient (Wildman–Crippen LogP) is 3.99. The molecule has 2 N–H and O–H groups in total. The van der Waals surface area contributed by atoms with E-state index in [1.54, 1.807) is 0 Å². The van der Waals surface area contributed by atoms with Gasteiger partial charge in [-0.15, -0.1) is 0 Å². The summed E-state index contributed by atoms with van der Waals surface area (Å²) in [4.78, 5) is 0. The molecule has 15 heavy (non-hydrogen) atoms. The van der Waals surface area contributed by atoms with E-state index in [1.165, 1.54) is 38.5 Å². The van der Waals surface area contributed by atoms with Crippen LogP contribution >= 0.6 is 0 Å². The predicted molar refractivity (Wildman–Crippen MR) is 62.1 cm³/mol. The zero-order chi connectivity index (χ0) is 11.5. The van der Waals surface area contributed by atoms with E-state index in [0.717, 1.165) is 19.3 Å². The highest BCUT2D eigenvalue weighted by molar-refractivity contribution is 4.58. The summed E-state index contributed by atoms with van der Waals surface area (Å²) >= 11 is 0. The minimum atomic E-state index is -0.0827. The van der Waals surface area contributed by atoms with E-state index in [9.17, 15) is 0 Å². The molecular formula is C12H27NO2.